The first-order chi connectivity index (χ1) is 10.2. The van der Waals surface area contributed by atoms with Crippen LogP contribution < -0.4 is 16.4 Å². The fourth-order valence-electron chi connectivity index (χ4n) is 2.01. The van der Waals surface area contributed by atoms with E-state index < -0.39 is 0 Å². The lowest BCUT2D eigenvalue weighted by molar-refractivity contribution is -0.116. The number of hydrogen-bond acceptors (Lipinski definition) is 3. The lowest BCUT2D eigenvalue weighted by Gasteiger charge is -2.07. The van der Waals surface area contributed by atoms with Gasteiger partial charge >= 0.3 is 0 Å². The molecule has 0 aliphatic carbocycles. The van der Waals surface area contributed by atoms with Gasteiger partial charge in [0.2, 0.25) is 5.91 Å². The highest BCUT2D eigenvalue weighted by atomic mass is 16.2. The van der Waals surface area contributed by atoms with Gasteiger partial charge in [0, 0.05) is 24.2 Å². The Hall–Kier alpha value is -1.88. The number of carbonyl (C=O) groups is 2. The van der Waals surface area contributed by atoms with Gasteiger partial charge in [-0.3, -0.25) is 9.59 Å². The minimum Gasteiger partial charge on any atom is -0.352 e. The van der Waals surface area contributed by atoms with Crippen LogP contribution in [0.15, 0.2) is 24.3 Å². The average molecular weight is 291 g/mol. The van der Waals surface area contributed by atoms with Gasteiger partial charge in [-0.1, -0.05) is 18.9 Å². The lowest BCUT2D eigenvalue weighted by atomic mass is 10.1. The van der Waals surface area contributed by atoms with E-state index in [0.717, 1.165) is 25.7 Å². The zero-order valence-electron chi connectivity index (χ0n) is 12.7. The van der Waals surface area contributed by atoms with Crippen LogP contribution in [-0.4, -0.2) is 24.9 Å². The molecule has 21 heavy (non-hydrogen) atoms. The van der Waals surface area contributed by atoms with Crippen molar-refractivity contribution in [3.05, 3.63) is 29.8 Å². The van der Waals surface area contributed by atoms with E-state index in [2.05, 4.69) is 10.6 Å². The van der Waals surface area contributed by atoms with Crippen LogP contribution in [0.3, 0.4) is 0 Å². The van der Waals surface area contributed by atoms with Crippen molar-refractivity contribution in [2.45, 2.75) is 39.0 Å². The molecule has 0 atom stereocenters. The van der Waals surface area contributed by atoms with Gasteiger partial charge in [-0.05, 0) is 44.5 Å². The Kier molecular flexibility index (Phi) is 8.12. The predicted molar refractivity (Wildman–Crippen MR) is 85.2 cm³/mol. The van der Waals surface area contributed by atoms with Gasteiger partial charge in [0.1, 0.15) is 0 Å². The summed E-state index contributed by atoms with van der Waals surface area (Å²) in [5.74, 6) is -0.147. The molecule has 1 rings (SSSR count). The van der Waals surface area contributed by atoms with Crippen molar-refractivity contribution < 1.29 is 9.59 Å². The summed E-state index contributed by atoms with van der Waals surface area (Å²) in [7, 11) is 0. The van der Waals surface area contributed by atoms with Gasteiger partial charge in [-0.2, -0.15) is 0 Å². The van der Waals surface area contributed by atoms with Crippen LogP contribution in [-0.2, 0) is 4.79 Å². The second kappa shape index (κ2) is 9.94. The van der Waals surface area contributed by atoms with E-state index in [1.807, 2.05) is 6.92 Å². The van der Waals surface area contributed by atoms with Crippen LogP contribution in [0.25, 0.3) is 0 Å². The maximum Gasteiger partial charge on any atom is 0.251 e. The molecule has 0 aliphatic rings. The molecule has 0 unspecified atom stereocenters. The normalized spacial score (nSPS) is 10.2. The molecule has 116 valence electrons. The molecule has 0 radical (unpaired) electrons. The van der Waals surface area contributed by atoms with Gasteiger partial charge < -0.3 is 16.4 Å². The first-order valence-corrected chi connectivity index (χ1v) is 7.55. The average Bonchev–Trinajstić information content (AvgIpc) is 2.47. The Bertz CT molecular complexity index is 461. The number of hydrogen-bond donors (Lipinski definition) is 3. The van der Waals surface area contributed by atoms with E-state index in [0.29, 0.717) is 30.8 Å². The molecule has 1 aromatic rings. The number of amides is 2. The van der Waals surface area contributed by atoms with Gasteiger partial charge in [-0.15, -0.1) is 0 Å². The number of carbonyl (C=O) groups excluding carboxylic acids is 2. The van der Waals surface area contributed by atoms with Gasteiger partial charge in [0.25, 0.3) is 5.91 Å². The molecule has 2 amide bonds. The van der Waals surface area contributed by atoms with E-state index in [4.69, 9.17) is 5.73 Å². The maximum absolute atomic E-state index is 11.8. The smallest absolute Gasteiger partial charge is 0.251 e. The van der Waals surface area contributed by atoms with Gasteiger partial charge in [0.05, 0.1) is 0 Å². The summed E-state index contributed by atoms with van der Waals surface area (Å²) in [5, 5.41) is 5.56. The highest BCUT2D eigenvalue weighted by molar-refractivity contribution is 5.97. The zero-order valence-corrected chi connectivity index (χ0v) is 12.7. The van der Waals surface area contributed by atoms with Crippen molar-refractivity contribution >= 4 is 17.5 Å². The number of benzene rings is 1. The summed E-state index contributed by atoms with van der Waals surface area (Å²) in [5.41, 5.74) is 6.63. The summed E-state index contributed by atoms with van der Waals surface area (Å²) in [6.07, 6.45) is 4.45. The van der Waals surface area contributed by atoms with Crippen LogP contribution in [0.1, 0.15) is 49.4 Å². The molecule has 5 heteroatoms. The van der Waals surface area contributed by atoms with E-state index in [9.17, 15) is 9.59 Å². The molecular formula is C16H25N3O2. The lowest BCUT2D eigenvalue weighted by Crippen LogP contribution is -2.22. The summed E-state index contributed by atoms with van der Waals surface area (Å²) in [4.78, 5) is 23.5. The summed E-state index contributed by atoms with van der Waals surface area (Å²) in [6, 6.07) is 6.97. The van der Waals surface area contributed by atoms with Crippen molar-refractivity contribution in [3.8, 4) is 0 Å². The van der Waals surface area contributed by atoms with Crippen LogP contribution in [0, 0.1) is 0 Å². The quantitative estimate of drug-likeness (QED) is 0.610. The van der Waals surface area contributed by atoms with Crippen molar-refractivity contribution in [1.82, 2.24) is 5.32 Å². The van der Waals surface area contributed by atoms with Crippen LogP contribution in [0.4, 0.5) is 5.69 Å². The Morgan fingerprint density at radius 1 is 1.14 bits per heavy atom. The topological polar surface area (TPSA) is 84.2 Å². The molecule has 0 spiro atoms. The Balaban J connectivity index is 2.41. The third-order valence-corrected chi connectivity index (χ3v) is 3.10. The molecule has 0 aromatic heterocycles. The van der Waals surface area contributed by atoms with E-state index in [1.54, 1.807) is 24.3 Å². The molecule has 0 saturated carbocycles. The van der Waals surface area contributed by atoms with Crippen molar-refractivity contribution in [2.24, 2.45) is 5.73 Å². The molecule has 0 saturated heterocycles. The van der Waals surface area contributed by atoms with Crippen LogP contribution >= 0.6 is 0 Å². The monoisotopic (exact) mass is 291 g/mol. The van der Waals surface area contributed by atoms with Crippen molar-refractivity contribution in [3.63, 3.8) is 0 Å². The number of unbranched alkanes of at least 4 members (excludes halogenated alkanes) is 3. The first-order valence-electron chi connectivity index (χ1n) is 7.55. The first kappa shape index (κ1) is 17.2. The number of nitrogens with two attached hydrogens (primary N) is 1. The predicted octanol–water partition coefficient (Wildman–Crippen LogP) is 2.28. The Morgan fingerprint density at radius 3 is 2.62 bits per heavy atom. The molecular weight excluding hydrogens is 266 g/mol. The fraction of sp³-hybridized carbons (Fsp3) is 0.500. The van der Waals surface area contributed by atoms with E-state index in [-0.39, 0.29) is 11.8 Å². The highest BCUT2D eigenvalue weighted by Gasteiger charge is 2.07. The minimum atomic E-state index is -0.129. The number of rotatable bonds is 9. The SMILES string of the molecule is CCNC(=O)c1cccc(NC(=O)CCCCCCN)c1. The minimum absolute atomic E-state index is 0.0178. The molecule has 0 heterocycles. The van der Waals surface area contributed by atoms with Gasteiger partial charge in [0.15, 0.2) is 0 Å². The summed E-state index contributed by atoms with van der Waals surface area (Å²) >= 11 is 0. The molecule has 0 bridgehead atoms. The zero-order chi connectivity index (χ0) is 15.5. The second-order valence-electron chi connectivity index (χ2n) is 4.94. The number of anilines is 1. The van der Waals surface area contributed by atoms with Crippen molar-refractivity contribution in [2.75, 3.05) is 18.4 Å². The molecule has 5 nitrogen and oxygen atoms in total. The Labute approximate surface area is 126 Å². The van der Waals surface area contributed by atoms with E-state index in [1.165, 1.54) is 0 Å². The van der Waals surface area contributed by atoms with Crippen molar-refractivity contribution in [1.29, 1.82) is 0 Å². The highest BCUT2D eigenvalue weighted by Crippen LogP contribution is 2.12. The third-order valence-electron chi connectivity index (χ3n) is 3.10. The number of nitrogens with one attached hydrogen (secondary N) is 2. The van der Waals surface area contributed by atoms with Crippen LogP contribution in [0.2, 0.25) is 0 Å². The van der Waals surface area contributed by atoms with Crippen LogP contribution in [0.5, 0.6) is 0 Å². The van der Waals surface area contributed by atoms with Gasteiger partial charge in [-0.25, -0.2) is 0 Å². The molecule has 0 aliphatic heterocycles. The second-order valence-corrected chi connectivity index (χ2v) is 4.94. The fourth-order valence-corrected chi connectivity index (χ4v) is 2.01. The largest absolute Gasteiger partial charge is 0.352 e. The third kappa shape index (κ3) is 6.90. The summed E-state index contributed by atoms with van der Waals surface area (Å²) < 4.78 is 0. The van der Waals surface area contributed by atoms with E-state index >= 15 is 0 Å². The molecule has 1 aromatic carbocycles. The summed E-state index contributed by atoms with van der Waals surface area (Å²) in [6.45, 7) is 3.16. The molecule has 4 N–H and O–H groups in total. The standard InChI is InChI=1S/C16H25N3O2/c1-2-18-16(21)13-8-7-9-14(12-13)19-15(20)10-5-3-4-6-11-17/h7-9,12H,2-6,10-11,17H2,1H3,(H,18,21)(H,19,20). The maximum atomic E-state index is 11.8. The molecule has 0 fully saturated rings. The Morgan fingerprint density at radius 2 is 1.90 bits per heavy atom.